The van der Waals surface area contributed by atoms with E-state index in [1.54, 1.807) is 0 Å². The fourth-order valence-corrected chi connectivity index (χ4v) is 2.81. The van der Waals surface area contributed by atoms with Gasteiger partial charge in [-0.25, -0.2) is 4.39 Å². The van der Waals surface area contributed by atoms with Gasteiger partial charge < -0.3 is 10.4 Å². The van der Waals surface area contributed by atoms with Gasteiger partial charge in [-0.1, -0.05) is 32.9 Å². The van der Waals surface area contributed by atoms with Gasteiger partial charge in [0.25, 0.3) is 5.91 Å². The first-order chi connectivity index (χ1) is 12.3. The number of carboxylic acids is 1. The molecule has 26 heavy (non-hydrogen) atoms. The van der Waals surface area contributed by atoms with Crippen molar-refractivity contribution in [2.75, 3.05) is 6.54 Å². The predicted molar refractivity (Wildman–Crippen MR) is 95.6 cm³/mol. The van der Waals surface area contributed by atoms with Crippen molar-refractivity contribution in [3.8, 4) is 0 Å². The standard InChI is InChI=1S/C19H24FN3O3/c1-4-17-16(10-22-23(17)11-12(2)3)18(24)21-9-15(19(25)26)13-5-7-14(20)8-6-13/h5-8,10,12,15H,4,9,11H2,1-3H3,(H,21,24)(H,25,26). The number of hydrogen-bond acceptors (Lipinski definition) is 3. The molecular formula is C19H24FN3O3. The molecule has 0 saturated heterocycles. The van der Waals surface area contributed by atoms with E-state index in [0.29, 0.717) is 30.0 Å². The van der Waals surface area contributed by atoms with Crippen molar-refractivity contribution in [2.45, 2.75) is 39.7 Å². The smallest absolute Gasteiger partial charge is 0.312 e. The molecule has 1 unspecified atom stereocenters. The normalized spacial score (nSPS) is 12.2. The Balaban J connectivity index is 2.12. The molecule has 0 aliphatic heterocycles. The van der Waals surface area contributed by atoms with Crippen LogP contribution >= 0.6 is 0 Å². The lowest BCUT2D eigenvalue weighted by molar-refractivity contribution is -0.138. The van der Waals surface area contributed by atoms with E-state index in [0.717, 1.165) is 5.69 Å². The van der Waals surface area contributed by atoms with Gasteiger partial charge >= 0.3 is 5.97 Å². The summed E-state index contributed by atoms with van der Waals surface area (Å²) in [5.74, 6) is -2.43. The number of aromatic nitrogens is 2. The second kappa shape index (κ2) is 8.60. The number of amides is 1. The number of carboxylic acid groups (broad SMARTS) is 1. The monoisotopic (exact) mass is 361 g/mol. The molecule has 7 heteroatoms. The van der Waals surface area contributed by atoms with E-state index >= 15 is 0 Å². The Kier molecular flexibility index (Phi) is 6.49. The molecule has 0 spiro atoms. The largest absolute Gasteiger partial charge is 0.481 e. The minimum atomic E-state index is -1.08. The summed E-state index contributed by atoms with van der Waals surface area (Å²) >= 11 is 0. The van der Waals surface area contributed by atoms with Crippen LogP contribution < -0.4 is 5.32 Å². The summed E-state index contributed by atoms with van der Waals surface area (Å²) < 4.78 is 14.8. The summed E-state index contributed by atoms with van der Waals surface area (Å²) in [5.41, 5.74) is 1.71. The maximum absolute atomic E-state index is 13.0. The van der Waals surface area contributed by atoms with Crippen LogP contribution in [0.4, 0.5) is 4.39 Å². The summed E-state index contributed by atoms with van der Waals surface area (Å²) in [6, 6.07) is 5.24. The topological polar surface area (TPSA) is 84.2 Å². The van der Waals surface area contributed by atoms with Gasteiger partial charge in [0.1, 0.15) is 5.82 Å². The van der Waals surface area contributed by atoms with Gasteiger partial charge in [0.05, 0.1) is 23.4 Å². The minimum Gasteiger partial charge on any atom is -0.481 e. The highest BCUT2D eigenvalue weighted by molar-refractivity contribution is 5.95. The fourth-order valence-electron chi connectivity index (χ4n) is 2.81. The Labute approximate surface area is 152 Å². The Bertz CT molecular complexity index is 769. The van der Waals surface area contributed by atoms with E-state index in [9.17, 15) is 19.1 Å². The predicted octanol–water partition coefficient (Wildman–Crippen LogP) is 2.84. The third-order valence-electron chi connectivity index (χ3n) is 4.10. The van der Waals surface area contributed by atoms with Crippen LogP contribution in [0.2, 0.25) is 0 Å². The third-order valence-corrected chi connectivity index (χ3v) is 4.10. The van der Waals surface area contributed by atoms with Crippen LogP contribution in [0.25, 0.3) is 0 Å². The van der Waals surface area contributed by atoms with Crippen LogP contribution in [-0.4, -0.2) is 33.3 Å². The van der Waals surface area contributed by atoms with Crippen molar-refractivity contribution in [1.82, 2.24) is 15.1 Å². The van der Waals surface area contributed by atoms with E-state index in [4.69, 9.17) is 0 Å². The van der Waals surface area contributed by atoms with Crippen molar-refractivity contribution in [2.24, 2.45) is 5.92 Å². The number of rotatable bonds is 8. The molecule has 0 aliphatic rings. The highest BCUT2D eigenvalue weighted by atomic mass is 19.1. The minimum absolute atomic E-state index is 0.0850. The average Bonchev–Trinajstić information content (AvgIpc) is 2.98. The second-order valence-electron chi connectivity index (χ2n) is 6.59. The van der Waals surface area contributed by atoms with Gasteiger partial charge in [0, 0.05) is 13.1 Å². The van der Waals surface area contributed by atoms with Crippen LogP contribution in [0.1, 0.15) is 48.3 Å². The third kappa shape index (κ3) is 4.68. The Morgan fingerprint density at radius 3 is 2.46 bits per heavy atom. The zero-order valence-electron chi connectivity index (χ0n) is 15.2. The van der Waals surface area contributed by atoms with Crippen LogP contribution in [0.15, 0.2) is 30.5 Å². The first-order valence-corrected chi connectivity index (χ1v) is 8.64. The first kappa shape index (κ1) is 19.6. The number of nitrogens with one attached hydrogen (secondary N) is 1. The van der Waals surface area contributed by atoms with Gasteiger partial charge in [-0.15, -0.1) is 0 Å². The Morgan fingerprint density at radius 1 is 1.27 bits per heavy atom. The van der Waals surface area contributed by atoms with Gasteiger partial charge in [0.15, 0.2) is 0 Å². The Morgan fingerprint density at radius 2 is 1.92 bits per heavy atom. The number of halogens is 1. The van der Waals surface area contributed by atoms with E-state index in [-0.39, 0.29) is 12.5 Å². The maximum atomic E-state index is 13.0. The molecule has 1 aromatic carbocycles. The maximum Gasteiger partial charge on any atom is 0.312 e. The van der Waals surface area contributed by atoms with Crippen LogP contribution in [0.3, 0.4) is 0 Å². The van der Waals surface area contributed by atoms with Crippen molar-refractivity contribution < 1.29 is 19.1 Å². The molecule has 2 aromatic rings. The molecule has 0 saturated carbocycles. The molecule has 0 fully saturated rings. The molecule has 1 aromatic heterocycles. The highest BCUT2D eigenvalue weighted by Gasteiger charge is 2.23. The first-order valence-electron chi connectivity index (χ1n) is 8.64. The van der Waals surface area contributed by atoms with Gasteiger partial charge in [-0.05, 0) is 30.0 Å². The van der Waals surface area contributed by atoms with Crippen molar-refractivity contribution in [1.29, 1.82) is 0 Å². The number of carbonyl (C=O) groups is 2. The van der Waals surface area contributed by atoms with Gasteiger partial charge in [0.2, 0.25) is 0 Å². The molecule has 0 aliphatic carbocycles. The Hall–Kier alpha value is -2.70. The van der Waals surface area contributed by atoms with Crippen molar-refractivity contribution in [3.05, 3.63) is 53.1 Å². The van der Waals surface area contributed by atoms with E-state index < -0.39 is 17.7 Å². The second-order valence-corrected chi connectivity index (χ2v) is 6.59. The lowest BCUT2D eigenvalue weighted by atomic mass is 9.99. The molecule has 140 valence electrons. The number of carbonyl (C=O) groups excluding carboxylic acids is 1. The zero-order chi connectivity index (χ0) is 19.3. The van der Waals surface area contributed by atoms with E-state index in [2.05, 4.69) is 24.3 Å². The molecule has 1 heterocycles. The van der Waals surface area contributed by atoms with Gasteiger partial charge in [-0.2, -0.15) is 5.10 Å². The summed E-state index contributed by atoms with van der Waals surface area (Å²) in [6.07, 6.45) is 2.17. The summed E-state index contributed by atoms with van der Waals surface area (Å²) in [5, 5.41) is 16.4. The van der Waals surface area contributed by atoms with Crippen LogP contribution in [0, 0.1) is 11.7 Å². The van der Waals surface area contributed by atoms with E-state index in [1.807, 2.05) is 11.6 Å². The number of hydrogen-bond donors (Lipinski definition) is 2. The average molecular weight is 361 g/mol. The summed E-state index contributed by atoms with van der Waals surface area (Å²) in [6.45, 7) is 6.72. The molecule has 2 rings (SSSR count). The fraction of sp³-hybridized carbons (Fsp3) is 0.421. The number of nitrogens with zero attached hydrogens (tertiary/aromatic N) is 2. The molecule has 1 atom stereocenters. The molecule has 0 bridgehead atoms. The highest BCUT2D eigenvalue weighted by Crippen LogP contribution is 2.17. The lowest BCUT2D eigenvalue weighted by Crippen LogP contribution is -2.32. The molecular weight excluding hydrogens is 337 g/mol. The quantitative estimate of drug-likeness (QED) is 0.757. The molecule has 1 amide bonds. The van der Waals surface area contributed by atoms with Crippen LogP contribution in [0.5, 0.6) is 0 Å². The zero-order valence-corrected chi connectivity index (χ0v) is 15.2. The summed E-state index contributed by atoms with van der Waals surface area (Å²) in [4.78, 5) is 24.0. The molecule has 0 radical (unpaired) electrons. The molecule has 2 N–H and O–H groups in total. The van der Waals surface area contributed by atoms with Gasteiger partial charge in [-0.3, -0.25) is 14.3 Å². The number of aliphatic carboxylic acids is 1. The van der Waals surface area contributed by atoms with Crippen molar-refractivity contribution >= 4 is 11.9 Å². The van der Waals surface area contributed by atoms with E-state index in [1.165, 1.54) is 30.5 Å². The van der Waals surface area contributed by atoms with Crippen LogP contribution in [-0.2, 0) is 17.8 Å². The number of benzene rings is 1. The summed E-state index contributed by atoms with van der Waals surface area (Å²) in [7, 11) is 0. The van der Waals surface area contributed by atoms with Crippen molar-refractivity contribution in [3.63, 3.8) is 0 Å². The lowest BCUT2D eigenvalue weighted by Gasteiger charge is -2.14. The molecule has 6 nitrogen and oxygen atoms in total. The SMILES string of the molecule is CCc1c(C(=O)NCC(C(=O)O)c2ccc(F)cc2)cnn1CC(C)C.